The summed E-state index contributed by atoms with van der Waals surface area (Å²) in [6.07, 6.45) is 2.84. The van der Waals surface area contributed by atoms with Crippen LogP contribution >= 0.6 is 0 Å². The zero-order valence-corrected chi connectivity index (χ0v) is 17.3. The molecule has 148 valence electrons. The first-order chi connectivity index (χ1) is 13.5. The first-order valence-corrected chi connectivity index (χ1v) is 10.5. The Morgan fingerprint density at radius 3 is 2.82 bits per heavy atom. The molecule has 0 saturated heterocycles. The van der Waals surface area contributed by atoms with Crippen LogP contribution in [0.3, 0.4) is 0 Å². The first kappa shape index (κ1) is 19.0. The van der Waals surface area contributed by atoms with E-state index in [4.69, 9.17) is 4.74 Å². The molecule has 1 heterocycles. The normalized spacial score (nSPS) is 17.8. The van der Waals surface area contributed by atoms with Crippen molar-refractivity contribution in [3.63, 3.8) is 0 Å². The molecule has 0 bridgehead atoms. The summed E-state index contributed by atoms with van der Waals surface area (Å²) < 4.78 is 5.85. The van der Waals surface area contributed by atoms with E-state index in [0.29, 0.717) is 11.8 Å². The van der Waals surface area contributed by atoms with E-state index in [1.54, 1.807) is 0 Å². The fraction of sp³-hybridized carbons (Fsp3) is 0.458. The summed E-state index contributed by atoms with van der Waals surface area (Å²) in [4.78, 5) is 15.0. The minimum absolute atomic E-state index is 0.0452. The number of rotatable bonds is 4. The van der Waals surface area contributed by atoms with E-state index in [0.717, 1.165) is 37.1 Å². The number of benzene rings is 2. The predicted molar refractivity (Wildman–Crippen MR) is 113 cm³/mol. The van der Waals surface area contributed by atoms with E-state index in [2.05, 4.69) is 47.5 Å². The highest BCUT2D eigenvalue weighted by Gasteiger charge is 2.35. The van der Waals surface area contributed by atoms with Crippen LogP contribution in [0.5, 0.6) is 5.75 Å². The lowest BCUT2D eigenvalue weighted by molar-refractivity contribution is 0.182. The average molecular weight is 379 g/mol. The van der Waals surface area contributed by atoms with E-state index in [1.165, 1.54) is 28.7 Å². The second-order valence-electron chi connectivity index (χ2n) is 8.32. The molecule has 1 aliphatic carbocycles. The Morgan fingerprint density at radius 1 is 1.25 bits per heavy atom. The van der Waals surface area contributed by atoms with Crippen LogP contribution in [-0.2, 0) is 12.8 Å². The maximum atomic E-state index is 12.4. The van der Waals surface area contributed by atoms with Crippen LogP contribution in [-0.4, -0.2) is 30.1 Å². The van der Waals surface area contributed by atoms with Crippen LogP contribution < -0.4 is 10.1 Å². The van der Waals surface area contributed by atoms with Gasteiger partial charge in [0.1, 0.15) is 5.75 Å². The third kappa shape index (κ3) is 3.30. The number of nitrogens with zero attached hydrogens (tertiary/aromatic N) is 1. The molecule has 2 aromatic carbocycles. The minimum Gasteiger partial charge on any atom is -0.409 e. The van der Waals surface area contributed by atoms with E-state index in [9.17, 15) is 4.79 Å². The quantitative estimate of drug-likeness (QED) is 0.812. The smallest absolute Gasteiger partial charge is 0.409 e. The number of hydrogen-bond donors (Lipinski definition) is 1. The Bertz CT molecular complexity index is 904. The first-order valence-electron chi connectivity index (χ1n) is 10.5. The van der Waals surface area contributed by atoms with Gasteiger partial charge in [-0.2, -0.15) is 0 Å². The van der Waals surface area contributed by atoms with Crippen molar-refractivity contribution in [3.8, 4) is 16.9 Å². The molecule has 0 spiro atoms. The highest BCUT2D eigenvalue weighted by atomic mass is 16.6. The minimum atomic E-state index is -0.383. The van der Waals surface area contributed by atoms with Crippen molar-refractivity contribution in [2.75, 3.05) is 13.1 Å². The zero-order valence-electron chi connectivity index (χ0n) is 17.3. The lowest BCUT2D eigenvalue weighted by atomic mass is 9.76. The number of carbonyl (C=O) groups is 1. The second-order valence-corrected chi connectivity index (χ2v) is 8.32. The van der Waals surface area contributed by atoms with Crippen LogP contribution in [0.4, 0.5) is 4.79 Å². The standard InChI is InChI=1S/C24H30N2O2/c1-5-12-26-13-11-17-7-6-8-19-21(17)20(26)14-18-10-9-16(4)23(22(18)19)28-24(27)25-15(2)3/h6-10,15,20H,5,11-14H2,1-4H3,(H,25,27). The summed E-state index contributed by atoms with van der Waals surface area (Å²) in [5.74, 6) is 0.704. The molecule has 0 aromatic heterocycles. The monoisotopic (exact) mass is 378 g/mol. The van der Waals surface area contributed by atoms with E-state index in [-0.39, 0.29) is 12.1 Å². The van der Waals surface area contributed by atoms with Gasteiger partial charge in [-0.05, 0) is 74.4 Å². The van der Waals surface area contributed by atoms with Gasteiger partial charge in [0.05, 0.1) is 0 Å². The molecule has 28 heavy (non-hydrogen) atoms. The van der Waals surface area contributed by atoms with E-state index in [1.807, 2.05) is 20.8 Å². The van der Waals surface area contributed by atoms with Crippen LogP contribution in [0.15, 0.2) is 30.3 Å². The summed E-state index contributed by atoms with van der Waals surface area (Å²) >= 11 is 0. The summed E-state index contributed by atoms with van der Waals surface area (Å²) in [6, 6.07) is 11.4. The van der Waals surface area contributed by atoms with Crippen LogP contribution in [0.25, 0.3) is 11.1 Å². The topological polar surface area (TPSA) is 41.6 Å². The van der Waals surface area contributed by atoms with Crippen molar-refractivity contribution in [1.29, 1.82) is 0 Å². The van der Waals surface area contributed by atoms with Gasteiger partial charge in [-0.25, -0.2) is 4.79 Å². The number of aryl methyl sites for hydroxylation is 1. The van der Waals surface area contributed by atoms with Gasteiger partial charge >= 0.3 is 6.09 Å². The second kappa shape index (κ2) is 7.59. The molecule has 1 amide bonds. The fourth-order valence-electron chi connectivity index (χ4n) is 4.72. The van der Waals surface area contributed by atoms with Gasteiger partial charge in [-0.15, -0.1) is 0 Å². The molecule has 1 aliphatic heterocycles. The fourth-order valence-corrected chi connectivity index (χ4v) is 4.72. The number of nitrogens with one attached hydrogen (secondary N) is 1. The highest BCUT2D eigenvalue weighted by Crippen LogP contribution is 2.49. The molecule has 4 heteroatoms. The molecule has 1 N–H and O–H groups in total. The highest BCUT2D eigenvalue weighted by molar-refractivity contribution is 5.84. The third-order valence-electron chi connectivity index (χ3n) is 5.87. The van der Waals surface area contributed by atoms with Crippen molar-refractivity contribution in [1.82, 2.24) is 10.2 Å². The summed E-state index contributed by atoms with van der Waals surface area (Å²) in [6.45, 7) is 10.4. The largest absolute Gasteiger partial charge is 0.412 e. The number of carbonyl (C=O) groups excluding carboxylic acids is 1. The molecular formula is C24H30N2O2. The summed E-state index contributed by atoms with van der Waals surface area (Å²) in [7, 11) is 0. The molecule has 0 saturated carbocycles. The Balaban J connectivity index is 1.82. The number of fused-ring (bicyclic) bond motifs is 2. The molecule has 0 radical (unpaired) electrons. The lowest BCUT2D eigenvalue weighted by Gasteiger charge is -2.42. The third-order valence-corrected chi connectivity index (χ3v) is 5.87. The van der Waals surface area contributed by atoms with Crippen molar-refractivity contribution < 1.29 is 9.53 Å². The van der Waals surface area contributed by atoms with Crippen LogP contribution in [0.2, 0.25) is 0 Å². The van der Waals surface area contributed by atoms with Crippen molar-refractivity contribution >= 4 is 6.09 Å². The maximum absolute atomic E-state index is 12.4. The number of hydrogen-bond acceptors (Lipinski definition) is 3. The van der Waals surface area contributed by atoms with Gasteiger partial charge in [0.25, 0.3) is 0 Å². The molecule has 4 rings (SSSR count). The van der Waals surface area contributed by atoms with E-state index >= 15 is 0 Å². The molecule has 2 aliphatic rings. The Hall–Kier alpha value is -2.33. The van der Waals surface area contributed by atoms with Crippen molar-refractivity contribution in [3.05, 3.63) is 52.6 Å². The van der Waals surface area contributed by atoms with E-state index < -0.39 is 0 Å². The van der Waals surface area contributed by atoms with Gasteiger partial charge in [0.15, 0.2) is 0 Å². The van der Waals surface area contributed by atoms with Gasteiger partial charge < -0.3 is 10.1 Å². The average Bonchev–Trinajstić information content (AvgIpc) is 2.65. The Labute approximate surface area is 167 Å². The number of amides is 1. The van der Waals surface area contributed by atoms with Gasteiger partial charge in [-0.1, -0.05) is 37.3 Å². The predicted octanol–water partition coefficient (Wildman–Crippen LogP) is 5.02. The molecule has 0 fully saturated rings. The lowest BCUT2D eigenvalue weighted by Crippen LogP contribution is -2.39. The molecule has 4 nitrogen and oxygen atoms in total. The molecule has 1 atom stereocenters. The summed E-state index contributed by atoms with van der Waals surface area (Å²) in [5.41, 5.74) is 7.49. The zero-order chi connectivity index (χ0) is 19.8. The molecule has 1 unspecified atom stereocenters. The van der Waals surface area contributed by atoms with Crippen LogP contribution in [0, 0.1) is 6.92 Å². The number of ether oxygens (including phenoxy) is 1. The molecular weight excluding hydrogens is 348 g/mol. The Morgan fingerprint density at radius 2 is 2.07 bits per heavy atom. The van der Waals surface area contributed by atoms with Gasteiger partial charge in [0, 0.05) is 24.2 Å². The Kier molecular flexibility index (Phi) is 5.15. The summed E-state index contributed by atoms with van der Waals surface area (Å²) in [5, 5.41) is 2.85. The van der Waals surface area contributed by atoms with Gasteiger partial charge in [0.2, 0.25) is 0 Å². The SMILES string of the molecule is CCCN1CCc2cccc3c2C1Cc1ccc(C)c(OC(=O)NC(C)C)c1-3. The van der Waals surface area contributed by atoms with Crippen molar-refractivity contribution in [2.45, 2.75) is 59.0 Å². The van der Waals surface area contributed by atoms with Crippen molar-refractivity contribution in [2.24, 2.45) is 0 Å². The maximum Gasteiger partial charge on any atom is 0.412 e. The van der Waals surface area contributed by atoms with Crippen LogP contribution in [0.1, 0.15) is 55.5 Å². The van der Waals surface area contributed by atoms with Gasteiger partial charge in [-0.3, -0.25) is 4.90 Å². The molecule has 2 aromatic rings.